The largest absolute Gasteiger partial charge is 0.396 e. The van der Waals surface area contributed by atoms with Crippen molar-refractivity contribution in [2.75, 3.05) is 26.4 Å². The van der Waals surface area contributed by atoms with E-state index in [1.54, 1.807) is 0 Å². The van der Waals surface area contributed by atoms with E-state index in [4.69, 9.17) is 19.3 Å². The van der Waals surface area contributed by atoms with Gasteiger partial charge in [-0.25, -0.2) is 0 Å². The van der Waals surface area contributed by atoms with Crippen molar-refractivity contribution in [3.63, 3.8) is 0 Å². The fourth-order valence-electron chi connectivity index (χ4n) is 3.96. The molecule has 1 aliphatic rings. The maximum Gasteiger partial charge on any atom is 0.158 e. The zero-order valence-corrected chi connectivity index (χ0v) is 19.4. The van der Waals surface area contributed by atoms with Gasteiger partial charge in [0.15, 0.2) is 6.29 Å². The number of rotatable bonds is 22. The number of hydrogen-bond donors (Lipinski definition) is 1. The van der Waals surface area contributed by atoms with Crippen molar-refractivity contribution < 1.29 is 19.3 Å². The van der Waals surface area contributed by atoms with Crippen molar-refractivity contribution in [3.05, 3.63) is 0 Å². The molecular formula is C25H50O4. The Bertz CT molecular complexity index is 324. The Balaban J connectivity index is 1.75. The summed E-state index contributed by atoms with van der Waals surface area (Å²) in [5.41, 5.74) is 0. The summed E-state index contributed by atoms with van der Waals surface area (Å²) < 4.78 is 17.2. The minimum atomic E-state index is -0.0250. The van der Waals surface area contributed by atoms with Crippen molar-refractivity contribution in [3.8, 4) is 0 Å². The van der Waals surface area contributed by atoms with Crippen molar-refractivity contribution in [1.29, 1.82) is 0 Å². The third-order valence-corrected chi connectivity index (χ3v) is 5.86. The lowest BCUT2D eigenvalue weighted by Gasteiger charge is -2.11. The highest BCUT2D eigenvalue weighted by Crippen LogP contribution is 2.19. The Kier molecular flexibility index (Phi) is 19.5. The highest BCUT2D eigenvalue weighted by molar-refractivity contribution is 4.65. The first kappa shape index (κ1) is 26.9. The van der Waals surface area contributed by atoms with E-state index in [0.29, 0.717) is 19.8 Å². The summed E-state index contributed by atoms with van der Waals surface area (Å²) in [6.07, 6.45) is 23.7. The van der Waals surface area contributed by atoms with Crippen LogP contribution in [-0.4, -0.2) is 43.9 Å². The van der Waals surface area contributed by atoms with Gasteiger partial charge in [0.05, 0.1) is 13.2 Å². The average Bonchev–Trinajstić information content (AvgIpc) is 3.18. The molecule has 0 saturated carbocycles. The molecule has 0 spiro atoms. The van der Waals surface area contributed by atoms with Crippen LogP contribution in [0.25, 0.3) is 0 Å². The van der Waals surface area contributed by atoms with Gasteiger partial charge in [0.25, 0.3) is 0 Å². The first-order valence-electron chi connectivity index (χ1n) is 12.8. The SMILES string of the molecule is CCCCCCCCCCCCCCCCC[C@H]1OC[C@H](COCCCCO)O1. The summed E-state index contributed by atoms with van der Waals surface area (Å²) in [6.45, 7) is 4.50. The van der Waals surface area contributed by atoms with Crippen LogP contribution < -0.4 is 0 Å². The normalized spacial score (nSPS) is 19.2. The van der Waals surface area contributed by atoms with Crippen LogP contribution in [0, 0.1) is 0 Å². The molecule has 1 N–H and O–H groups in total. The Morgan fingerprint density at radius 2 is 1.28 bits per heavy atom. The molecule has 0 unspecified atom stereocenters. The summed E-state index contributed by atoms with van der Waals surface area (Å²) in [4.78, 5) is 0. The van der Waals surface area contributed by atoms with E-state index >= 15 is 0 Å². The molecule has 1 fully saturated rings. The quantitative estimate of drug-likeness (QED) is 0.198. The molecule has 0 aliphatic carbocycles. The molecule has 1 heterocycles. The smallest absolute Gasteiger partial charge is 0.158 e. The third kappa shape index (κ3) is 17.2. The molecule has 1 saturated heterocycles. The Labute approximate surface area is 181 Å². The number of unbranched alkanes of at least 4 members (excludes halogenated alkanes) is 15. The van der Waals surface area contributed by atoms with Gasteiger partial charge in [-0.2, -0.15) is 0 Å². The summed E-state index contributed by atoms with van der Waals surface area (Å²) >= 11 is 0. The minimum Gasteiger partial charge on any atom is -0.396 e. The minimum absolute atomic E-state index is 0.0250. The first-order chi connectivity index (χ1) is 14.4. The molecule has 1 rings (SSSR count). The highest BCUT2D eigenvalue weighted by atomic mass is 16.7. The van der Waals surface area contributed by atoms with Crippen molar-refractivity contribution in [1.82, 2.24) is 0 Å². The number of ether oxygens (including phenoxy) is 3. The molecule has 0 aromatic carbocycles. The highest BCUT2D eigenvalue weighted by Gasteiger charge is 2.25. The van der Waals surface area contributed by atoms with Crippen LogP contribution in [0.4, 0.5) is 0 Å². The average molecular weight is 415 g/mol. The molecule has 0 aromatic rings. The van der Waals surface area contributed by atoms with Gasteiger partial charge in [-0.3, -0.25) is 0 Å². The summed E-state index contributed by atoms with van der Waals surface area (Å²) in [5.74, 6) is 0. The zero-order valence-electron chi connectivity index (χ0n) is 19.4. The van der Waals surface area contributed by atoms with Gasteiger partial charge in [0.1, 0.15) is 6.10 Å². The predicted molar refractivity (Wildman–Crippen MR) is 121 cm³/mol. The van der Waals surface area contributed by atoms with Gasteiger partial charge in [-0.05, 0) is 25.7 Å². The Morgan fingerprint density at radius 1 is 0.724 bits per heavy atom. The summed E-state index contributed by atoms with van der Waals surface area (Å²) in [5, 5.41) is 8.74. The van der Waals surface area contributed by atoms with Gasteiger partial charge in [0, 0.05) is 13.2 Å². The fraction of sp³-hybridized carbons (Fsp3) is 1.00. The van der Waals surface area contributed by atoms with E-state index in [1.807, 2.05) is 0 Å². The van der Waals surface area contributed by atoms with Crippen LogP contribution >= 0.6 is 0 Å². The molecular weight excluding hydrogens is 364 g/mol. The van der Waals surface area contributed by atoms with Gasteiger partial charge in [-0.1, -0.05) is 96.8 Å². The standard InChI is InChI=1S/C25H50O4/c1-2-3-4-5-6-7-8-9-10-11-12-13-14-15-16-19-25-28-23-24(29-25)22-27-21-18-17-20-26/h24-26H,2-23H2,1H3/t24-,25-/m0/s1. The zero-order chi connectivity index (χ0) is 20.8. The topological polar surface area (TPSA) is 47.9 Å². The van der Waals surface area contributed by atoms with Crippen molar-refractivity contribution >= 4 is 0 Å². The maximum absolute atomic E-state index is 8.74. The first-order valence-corrected chi connectivity index (χ1v) is 12.8. The van der Waals surface area contributed by atoms with Crippen LogP contribution in [-0.2, 0) is 14.2 Å². The molecule has 0 aromatic heterocycles. The van der Waals surface area contributed by atoms with Crippen molar-refractivity contribution in [2.24, 2.45) is 0 Å². The third-order valence-electron chi connectivity index (χ3n) is 5.86. The van der Waals surface area contributed by atoms with E-state index in [-0.39, 0.29) is 19.0 Å². The molecule has 1 aliphatic heterocycles. The molecule has 4 heteroatoms. The monoisotopic (exact) mass is 414 g/mol. The predicted octanol–water partition coefficient (Wildman–Crippen LogP) is 6.78. The van der Waals surface area contributed by atoms with E-state index in [2.05, 4.69) is 6.92 Å². The molecule has 0 bridgehead atoms. The van der Waals surface area contributed by atoms with Crippen LogP contribution in [0.2, 0.25) is 0 Å². The van der Waals surface area contributed by atoms with Gasteiger partial charge >= 0.3 is 0 Å². The van der Waals surface area contributed by atoms with Gasteiger partial charge < -0.3 is 19.3 Å². The Hall–Kier alpha value is -0.160. The fourth-order valence-corrected chi connectivity index (χ4v) is 3.96. The van der Waals surface area contributed by atoms with E-state index in [1.165, 1.54) is 96.3 Å². The Morgan fingerprint density at radius 3 is 1.83 bits per heavy atom. The lowest BCUT2D eigenvalue weighted by atomic mass is 10.0. The number of aliphatic hydroxyl groups excluding tert-OH is 1. The number of hydrogen-bond acceptors (Lipinski definition) is 4. The number of aliphatic hydroxyl groups is 1. The lowest BCUT2D eigenvalue weighted by molar-refractivity contribution is -0.0761. The molecule has 4 nitrogen and oxygen atoms in total. The second-order valence-electron chi connectivity index (χ2n) is 8.77. The van der Waals surface area contributed by atoms with E-state index < -0.39 is 0 Å². The van der Waals surface area contributed by atoms with E-state index in [0.717, 1.165) is 19.3 Å². The van der Waals surface area contributed by atoms with Gasteiger partial charge in [0.2, 0.25) is 0 Å². The second kappa shape index (κ2) is 21.1. The van der Waals surface area contributed by atoms with E-state index in [9.17, 15) is 0 Å². The van der Waals surface area contributed by atoms with Gasteiger partial charge in [-0.15, -0.1) is 0 Å². The second-order valence-corrected chi connectivity index (χ2v) is 8.77. The van der Waals surface area contributed by atoms with Crippen LogP contribution in [0.5, 0.6) is 0 Å². The van der Waals surface area contributed by atoms with Crippen LogP contribution in [0.15, 0.2) is 0 Å². The molecule has 0 amide bonds. The van der Waals surface area contributed by atoms with Crippen molar-refractivity contribution in [2.45, 2.75) is 135 Å². The molecule has 174 valence electrons. The summed E-state index contributed by atoms with van der Waals surface area (Å²) in [7, 11) is 0. The van der Waals surface area contributed by atoms with Crippen LogP contribution in [0.3, 0.4) is 0 Å². The maximum atomic E-state index is 8.74. The molecule has 29 heavy (non-hydrogen) atoms. The molecule has 2 atom stereocenters. The molecule has 0 radical (unpaired) electrons. The van der Waals surface area contributed by atoms with Crippen LogP contribution in [0.1, 0.15) is 122 Å². The summed E-state index contributed by atoms with van der Waals surface area (Å²) in [6, 6.07) is 0. The lowest BCUT2D eigenvalue weighted by Crippen LogP contribution is -2.19.